The minimum absolute atomic E-state index is 0.190. The minimum atomic E-state index is -3.14. The Morgan fingerprint density at radius 3 is 2.76 bits per heavy atom. The first-order chi connectivity index (χ1) is 7.95. The number of halogens is 1. The molecular weight excluding hydrogens is 324 g/mol. The SMILES string of the molecule is CNCCCS(=O)(=O)N(C)Cc1csc(Br)c1. The van der Waals surface area contributed by atoms with E-state index in [-0.39, 0.29) is 5.75 Å². The number of nitrogens with one attached hydrogen (secondary N) is 1. The lowest BCUT2D eigenvalue weighted by Crippen LogP contribution is -2.29. The quantitative estimate of drug-likeness (QED) is 0.771. The van der Waals surface area contributed by atoms with Crippen LogP contribution >= 0.6 is 27.3 Å². The first-order valence-electron chi connectivity index (χ1n) is 5.27. The lowest BCUT2D eigenvalue weighted by atomic mass is 10.3. The highest BCUT2D eigenvalue weighted by atomic mass is 79.9. The molecule has 0 spiro atoms. The predicted molar refractivity (Wildman–Crippen MR) is 75.8 cm³/mol. The van der Waals surface area contributed by atoms with Gasteiger partial charge in [0.2, 0.25) is 10.0 Å². The lowest BCUT2D eigenvalue weighted by Gasteiger charge is -2.16. The minimum Gasteiger partial charge on any atom is -0.320 e. The second-order valence-corrected chi connectivity index (χ2v) is 8.27. The average molecular weight is 341 g/mol. The van der Waals surface area contributed by atoms with Crippen molar-refractivity contribution in [2.24, 2.45) is 0 Å². The molecule has 0 aliphatic heterocycles. The fraction of sp³-hybridized carbons (Fsp3) is 0.600. The van der Waals surface area contributed by atoms with E-state index in [4.69, 9.17) is 0 Å². The van der Waals surface area contributed by atoms with Crippen molar-refractivity contribution < 1.29 is 8.42 Å². The maximum atomic E-state index is 11.9. The van der Waals surface area contributed by atoms with Gasteiger partial charge in [-0.15, -0.1) is 11.3 Å². The number of sulfonamides is 1. The largest absolute Gasteiger partial charge is 0.320 e. The Labute approximate surface area is 115 Å². The van der Waals surface area contributed by atoms with Crippen LogP contribution in [0.25, 0.3) is 0 Å². The zero-order valence-corrected chi connectivity index (χ0v) is 13.2. The highest BCUT2D eigenvalue weighted by molar-refractivity contribution is 9.11. The van der Waals surface area contributed by atoms with E-state index in [9.17, 15) is 8.42 Å². The number of nitrogens with zero attached hydrogens (tertiary/aromatic N) is 1. The number of thiophene rings is 1. The molecule has 0 unspecified atom stereocenters. The van der Waals surface area contributed by atoms with Crippen LogP contribution in [-0.4, -0.2) is 39.1 Å². The van der Waals surface area contributed by atoms with Gasteiger partial charge in [-0.2, -0.15) is 0 Å². The third-order valence-corrected chi connectivity index (χ3v) is 5.77. The maximum Gasteiger partial charge on any atom is 0.214 e. The Morgan fingerprint density at radius 1 is 1.53 bits per heavy atom. The molecule has 4 nitrogen and oxygen atoms in total. The van der Waals surface area contributed by atoms with Crippen molar-refractivity contribution in [1.29, 1.82) is 0 Å². The lowest BCUT2D eigenvalue weighted by molar-refractivity contribution is 0.465. The summed E-state index contributed by atoms with van der Waals surface area (Å²) in [6, 6.07) is 1.95. The van der Waals surface area contributed by atoms with E-state index in [0.717, 1.165) is 15.9 Å². The topological polar surface area (TPSA) is 49.4 Å². The number of hydrogen-bond donors (Lipinski definition) is 1. The van der Waals surface area contributed by atoms with E-state index in [2.05, 4.69) is 21.2 Å². The molecule has 0 aliphatic rings. The van der Waals surface area contributed by atoms with Crippen molar-refractivity contribution in [2.75, 3.05) is 26.4 Å². The predicted octanol–water partition coefficient (Wildman–Crippen LogP) is 1.88. The molecule has 1 aromatic heterocycles. The average Bonchev–Trinajstić information content (AvgIpc) is 2.64. The summed E-state index contributed by atoms with van der Waals surface area (Å²) in [7, 11) is 0.305. The van der Waals surface area contributed by atoms with Crippen LogP contribution in [0.4, 0.5) is 0 Å². The van der Waals surface area contributed by atoms with E-state index in [1.54, 1.807) is 18.4 Å². The van der Waals surface area contributed by atoms with Crippen molar-refractivity contribution in [2.45, 2.75) is 13.0 Å². The number of rotatable bonds is 7. The van der Waals surface area contributed by atoms with Gasteiger partial charge in [0.15, 0.2) is 0 Å². The zero-order valence-electron chi connectivity index (χ0n) is 9.94. The van der Waals surface area contributed by atoms with Gasteiger partial charge in [-0.05, 0) is 53.0 Å². The smallest absolute Gasteiger partial charge is 0.214 e. The molecule has 1 heterocycles. The Balaban J connectivity index is 2.53. The van der Waals surface area contributed by atoms with Gasteiger partial charge in [-0.3, -0.25) is 0 Å². The molecule has 0 saturated heterocycles. The maximum absolute atomic E-state index is 11.9. The standard InChI is InChI=1S/C10H17BrN2O2S2/c1-12-4-3-5-17(14,15)13(2)7-9-6-10(11)16-8-9/h6,8,12H,3-5,7H2,1-2H3. The molecule has 0 aliphatic carbocycles. The Morgan fingerprint density at radius 2 is 2.24 bits per heavy atom. The van der Waals surface area contributed by atoms with E-state index < -0.39 is 10.0 Å². The molecule has 0 saturated carbocycles. The van der Waals surface area contributed by atoms with Crippen LogP contribution in [0.1, 0.15) is 12.0 Å². The molecule has 0 amide bonds. The van der Waals surface area contributed by atoms with Gasteiger partial charge in [0, 0.05) is 13.6 Å². The van der Waals surface area contributed by atoms with Crippen molar-refractivity contribution in [3.8, 4) is 0 Å². The summed E-state index contributed by atoms with van der Waals surface area (Å²) in [5, 5.41) is 4.91. The second kappa shape index (κ2) is 6.84. The molecule has 98 valence electrons. The van der Waals surface area contributed by atoms with Crippen LogP contribution in [0, 0.1) is 0 Å². The molecule has 1 aromatic rings. The zero-order chi connectivity index (χ0) is 12.9. The number of hydrogen-bond acceptors (Lipinski definition) is 4. The van der Waals surface area contributed by atoms with Gasteiger partial charge in [0.25, 0.3) is 0 Å². The summed E-state index contributed by atoms with van der Waals surface area (Å²) >= 11 is 4.93. The van der Waals surface area contributed by atoms with Gasteiger partial charge in [0.1, 0.15) is 0 Å². The molecule has 0 aromatic carbocycles. The van der Waals surface area contributed by atoms with Gasteiger partial charge in [0.05, 0.1) is 9.54 Å². The van der Waals surface area contributed by atoms with E-state index in [1.165, 1.54) is 4.31 Å². The summed E-state index contributed by atoms with van der Waals surface area (Å²) in [5.41, 5.74) is 1.02. The molecular formula is C10H17BrN2O2S2. The Bertz CT molecular complexity index is 445. The Hall–Kier alpha value is 0.0500. The van der Waals surface area contributed by atoms with Crippen molar-refractivity contribution in [3.05, 3.63) is 20.8 Å². The third-order valence-electron chi connectivity index (χ3n) is 2.33. The third kappa shape index (κ3) is 5.05. The molecule has 0 atom stereocenters. The molecule has 1 rings (SSSR count). The van der Waals surface area contributed by atoms with Crippen LogP contribution < -0.4 is 5.32 Å². The van der Waals surface area contributed by atoms with Gasteiger partial charge < -0.3 is 5.32 Å². The molecule has 17 heavy (non-hydrogen) atoms. The van der Waals surface area contributed by atoms with Crippen LogP contribution in [-0.2, 0) is 16.6 Å². The van der Waals surface area contributed by atoms with Crippen molar-refractivity contribution >= 4 is 37.3 Å². The fourth-order valence-electron chi connectivity index (χ4n) is 1.37. The van der Waals surface area contributed by atoms with Crippen LogP contribution in [0.5, 0.6) is 0 Å². The van der Waals surface area contributed by atoms with Crippen LogP contribution in [0.15, 0.2) is 15.2 Å². The first kappa shape index (κ1) is 15.1. The summed E-state index contributed by atoms with van der Waals surface area (Å²) in [4.78, 5) is 0. The molecule has 0 fully saturated rings. The van der Waals surface area contributed by atoms with Crippen LogP contribution in [0.2, 0.25) is 0 Å². The summed E-state index contributed by atoms with van der Waals surface area (Å²) in [5.74, 6) is 0.190. The Kier molecular flexibility index (Phi) is 6.08. The monoisotopic (exact) mass is 340 g/mol. The summed E-state index contributed by atoms with van der Waals surface area (Å²) in [6.45, 7) is 1.15. The van der Waals surface area contributed by atoms with Crippen molar-refractivity contribution in [3.63, 3.8) is 0 Å². The van der Waals surface area contributed by atoms with Gasteiger partial charge >= 0.3 is 0 Å². The summed E-state index contributed by atoms with van der Waals surface area (Å²) < 4.78 is 26.2. The first-order valence-corrected chi connectivity index (χ1v) is 8.55. The van der Waals surface area contributed by atoms with Gasteiger partial charge in [-0.25, -0.2) is 12.7 Å². The van der Waals surface area contributed by atoms with E-state index in [1.807, 2.05) is 18.5 Å². The molecule has 0 radical (unpaired) electrons. The second-order valence-electron chi connectivity index (χ2n) is 3.79. The molecule has 0 bridgehead atoms. The van der Waals surface area contributed by atoms with Crippen LogP contribution in [0.3, 0.4) is 0 Å². The van der Waals surface area contributed by atoms with Crippen molar-refractivity contribution in [1.82, 2.24) is 9.62 Å². The van der Waals surface area contributed by atoms with E-state index >= 15 is 0 Å². The fourth-order valence-corrected chi connectivity index (χ4v) is 3.74. The van der Waals surface area contributed by atoms with Gasteiger partial charge in [-0.1, -0.05) is 0 Å². The highest BCUT2D eigenvalue weighted by Gasteiger charge is 2.17. The van der Waals surface area contributed by atoms with E-state index in [0.29, 0.717) is 13.0 Å². The normalized spacial score (nSPS) is 12.2. The highest BCUT2D eigenvalue weighted by Crippen LogP contribution is 2.22. The molecule has 1 N–H and O–H groups in total. The summed E-state index contributed by atoms with van der Waals surface area (Å²) in [6.07, 6.45) is 0.635. The molecule has 7 heteroatoms.